The maximum absolute atomic E-state index is 10.8. The Balaban J connectivity index is 2.01. The van der Waals surface area contributed by atoms with Crippen molar-refractivity contribution < 1.29 is 4.21 Å². The lowest BCUT2D eigenvalue weighted by atomic mass is 10.1. The molecule has 0 saturated carbocycles. The molecule has 2 unspecified atom stereocenters. The van der Waals surface area contributed by atoms with Gasteiger partial charge in [-0.1, -0.05) is 0 Å². The van der Waals surface area contributed by atoms with E-state index in [9.17, 15) is 4.21 Å². The summed E-state index contributed by atoms with van der Waals surface area (Å²) in [5.41, 5.74) is 0. The third-order valence-corrected chi connectivity index (χ3v) is 3.48. The van der Waals surface area contributed by atoms with Gasteiger partial charge in [0.15, 0.2) is 0 Å². The van der Waals surface area contributed by atoms with E-state index in [0.717, 1.165) is 31.8 Å². The van der Waals surface area contributed by atoms with Crippen LogP contribution in [0.2, 0.25) is 0 Å². The van der Waals surface area contributed by atoms with Crippen molar-refractivity contribution in [2.24, 2.45) is 0 Å². The first-order valence-electron chi connectivity index (χ1n) is 5.53. The lowest BCUT2D eigenvalue weighted by molar-refractivity contribution is 0.470. The maximum atomic E-state index is 10.8. The van der Waals surface area contributed by atoms with Crippen molar-refractivity contribution in [3.63, 3.8) is 0 Å². The summed E-state index contributed by atoms with van der Waals surface area (Å²) < 4.78 is 10.8. The monoisotopic (exact) mass is 218 g/mol. The molecule has 4 heteroatoms. The Morgan fingerprint density at radius 3 is 3.07 bits per heavy atom. The van der Waals surface area contributed by atoms with Crippen molar-refractivity contribution in [2.45, 2.75) is 31.7 Å². The number of hydrogen-bond acceptors (Lipinski definition) is 3. The van der Waals surface area contributed by atoms with Gasteiger partial charge in [-0.15, -0.1) is 0 Å². The quantitative estimate of drug-likeness (QED) is 0.660. The topological polar surface area (TPSA) is 41.1 Å². The van der Waals surface area contributed by atoms with E-state index in [2.05, 4.69) is 10.6 Å². The predicted molar refractivity (Wildman–Crippen MR) is 62.1 cm³/mol. The van der Waals surface area contributed by atoms with E-state index in [0.29, 0.717) is 6.04 Å². The van der Waals surface area contributed by atoms with Crippen LogP contribution in [0.4, 0.5) is 0 Å². The third-order valence-electron chi connectivity index (χ3n) is 2.62. The van der Waals surface area contributed by atoms with E-state index in [4.69, 9.17) is 0 Å². The molecule has 2 N–H and O–H groups in total. The van der Waals surface area contributed by atoms with E-state index in [1.165, 1.54) is 19.3 Å². The first-order chi connectivity index (χ1) is 6.79. The Bertz CT molecular complexity index is 168. The average molecular weight is 218 g/mol. The molecule has 2 atom stereocenters. The van der Waals surface area contributed by atoms with Crippen LogP contribution >= 0.6 is 0 Å². The van der Waals surface area contributed by atoms with Crippen LogP contribution in [0.3, 0.4) is 0 Å². The Hall–Kier alpha value is 0.0700. The summed E-state index contributed by atoms with van der Waals surface area (Å²) in [5, 5.41) is 6.94. The first-order valence-corrected chi connectivity index (χ1v) is 7.26. The second-order valence-electron chi connectivity index (χ2n) is 3.96. The van der Waals surface area contributed by atoms with E-state index in [1.54, 1.807) is 6.26 Å². The van der Waals surface area contributed by atoms with E-state index in [1.807, 2.05) is 0 Å². The highest BCUT2D eigenvalue weighted by atomic mass is 32.2. The zero-order valence-corrected chi connectivity index (χ0v) is 9.87. The van der Waals surface area contributed by atoms with Crippen molar-refractivity contribution in [1.29, 1.82) is 0 Å². The van der Waals surface area contributed by atoms with Crippen LogP contribution in [0.5, 0.6) is 0 Å². The normalized spacial score (nSPS) is 25.6. The maximum Gasteiger partial charge on any atom is 0.0244 e. The summed E-state index contributed by atoms with van der Waals surface area (Å²) in [4.78, 5) is 0. The first kappa shape index (κ1) is 12.1. The second-order valence-corrected chi connectivity index (χ2v) is 5.52. The van der Waals surface area contributed by atoms with Crippen LogP contribution in [-0.2, 0) is 10.8 Å². The lowest BCUT2D eigenvalue weighted by Gasteiger charge is -2.15. The van der Waals surface area contributed by atoms with Gasteiger partial charge in [0, 0.05) is 28.9 Å². The van der Waals surface area contributed by atoms with Gasteiger partial charge in [-0.25, -0.2) is 0 Å². The summed E-state index contributed by atoms with van der Waals surface area (Å²) >= 11 is 0. The molecule has 1 aliphatic rings. The Kier molecular flexibility index (Phi) is 6.39. The Morgan fingerprint density at radius 2 is 2.29 bits per heavy atom. The summed E-state index contributed by atoms with van der Waals surface area (Å²) in [6.07, 6.45) is 6.59. The molecule has 0 aromatic rings. The fourth-order valence-electron chi connectivity index (χ4n) is 1.80. The number of nitrogens with one attached hydrogen (secondary N) is 2. The third kappa shape index (κ3) is 5.73. The lowest BCUT2D eigenvalue weighted by Crippen LogP contribution is -2.31. The van der Waals surface area contributed by atoms with Crippen LogP contribution in [0.15, 0.2) is 0 Å². The van der Waals surface area contributed by atoms with Crippen LogP contribution in [0, 0.1) is 0 Å². The molecule has 0 aromatic carbocycles. The summed E-state index contributed by atoms with van der Waals surface area (Å²) in [6, 6.07) is 0.676. The molecule has 84 valence electrons. The molecule has 1 aliphatic heterocycles. The standard InChI is InChI=1S/C10H22N2OS/c1-14(13)9-3-7-12-10-4-2-6-11-8-5-10/h10-12H,2-9H2,1H3. The molecule has 0 spiro atoms. The number of rotatable bonds is 5. The van der Waals surface area contributed by atoms with Crippen molar-refractivity contribution in [3.8, 4) is 0 Å². The van der Waals surface area contributed by atoms with Crippen LogP contribution < -0.4 is 10.6 Å². The van der Waals surface area contributed by atoms with Crippen LogP contribution in [0.25, 0.3) is 0 Å². The van der Waals surface area contributed by atoms with E-state index in [-0.39, 0.29) is 0 Å². The predicted octanol–water partition coefficient (Wildman–Crippen LogP) is 0.487. The zero-order chi connectivity index (χ0) is 10.2. The van der Waals surface area contributed by atoms with Crippen molar-refractivity contribution >= 4 is 10.8 Å². The molecular formula is C10H22N2OS. The molecule has 1 rings (SSSR count). The Labute approximate surface area is 89.5 Å². The molecule has 0 bridgehead atoms. The molecule has 1 saturated heterocycles. The van der Waals surface area contributed by atoms with Gasteiger partial charge in [0.1, 0.15) is 0 Å². The van der Waals surface area contributed by atoms with E-state index >= 15 is 0 Å². The SMILES string of the molecule is CS(=O)CCCNC1CCCNCC1. The van der Waals surface area contributed by atoms with Gasteiger partial charge in [0.25, 0.3) is 0 Å². The summed E-state index contributed by atoms with van der Waals surface area (Å²) in [6.45, 7) is 3.32. The Morgan fingerprint density at radius 1 is 1.43 bits per heavy atom. The molecule has 0 aromatic heterocycles. The van der Waals surface area contributed by atoms with Gasteiger partial charge in [-0.3, -0.25) is 4.21 Å². The highest BCUT2D eigenvalue weighted by Gasteiger charge is 2.10. The average Bonchev–Trinajstić information content (AvgIpc) is 2.40. The summed E-state index contributed by atoms with van der Waals surface area (Å²) in [5.74, 6) is 0.831. The highest BCUT2D eigenvalue weighted by molar-refractivity contribution is 7.84. The summed E-state index contributed by atoms with van der Waals surface area (Å²) in [7, 11) is -0.628. The molecule has 0 amide bonds. The zero-order valence-electron chi connectivity index (χ0n) is 9.05. The molecule has 14 heavy (non-hydrogen) atoms. The van der Waals surface area contributed by atoms with Crippen LogP contribution in [0.1, 0.15) is 25.7 Å². The minimum Gasteiger partial charge on any atom is -0.317 e. The minimum absolute atomic E-state index is 0.628. The molecule has 0 radical (unpaired) electrons. The van der Waals surface area contributed by atoms with Crippen molar-refractivity contribution in [3.05, 3.63) is 0 Å². The van der Waals surface area contributed by atoms with Gasteiger partial charge in [0.05, 0.1) is 0 Å². The number of hydrogen-bond donors (Lipinski definition) is 2. The van der Waals surface area contributed by atoms with E-state index < -0.39 is 10.8 Å². The highest BCUT2D eigenvalue weighted by Crippen LogP contribution is 2.04. The molecule has 0 aliphatic carbocycles. The van der Waals surface area contributed by atoms with Gasteiger partial charge < -0.3 is 10.6 Å². The smallest absolute Gasteiger partial charge is 0.0244 e. The van der Waals surface area contributed by atoms with Gasteiger partial charge in [-0.05, 0) is 45.3 Å². The van der Waals surface area contributed by atoms with Gasteiger partial charge >= 0.3 is 0 Å². The van der Waals surface area contributed by atoms with Crippen molar-refractivity contribution in [1.82, 2.24) is 10.6 Å². The largest absolute Gasteiger partial charge is 0.317 e. The van der Waals surface area contributed by atoms with Crippen LogP contribution in [-0.4, -0.2) is 41.9 Å². The van der Waals surface area contributed by atoms with Gasteiger partial charge in [-0.2, -0.15) is 0 Å². The van der Waals surface area contributed by atoms with Gasteiger partial charge in [0.2, 0.25) is 0 Å². The minimum atomic E-state index is -0.628. The molecule has 1 heterocycles. The fraction of sp³-hybridized carbons (Fsp3) is 1.00. The molecule has 3 nitrogen and oxygen atoms in total. The second kappa shape index (κ2) is 7.37. The molecule has 1 fully saturated rings. The fourth-order valence-corrected chi connectivity index (χ4v) is 2.36. The molecular weight excluding hydrogens is 196 g/mol. The van der Waals surface area contributed by atoms with Crippen molar-refractivity contribution in [2.75, 3.05) is 31.6 Å².